The highest BCUT2D eigenvalue weighted by Crippen LogP contribution is 2.31. The second kappa shape index (κ2) is 9.34. The summed E-state index contributed by atoms with van der Waals surface area (Å²) in [6.45, 7) is 1.12. The maximum atomic E-state index is 13.1. The second-order valence-electron chi connectivity index (χ2n) is 6.97. The molecule has 0 radical (unpaired) electrons. The van der Waals surface area contributed by atoms with Crippen LogP contribution in [0.4, 0.5) is 0 Å². The lowest BCUT2D eigenvalue weighted by Gasteiger charge is -2.18. The molecule has 0 atom stereocenters. The lowest BCUT2D eigenvalue weighted by molar-refractivity contribution is 0.0506. The molecule has 3 aromatic rings. The van der Waals surface area contributed by atoms with Crippen molar-refractivity contribution in [2.45, 2.75) is 6.42 Å². The third-order valence-corrected chi connectivity index (χ3v) is 4.98. The number of hydrogen-bond donors (Lipinski definition) is 0. The van der Waals surface area contributed by atoms with Crippen molar-refractivity contribution >= 4 is 11.8 Å². The van der Waals surface area contributed by atoms with E-state index in [0.717, 1.165) is 11.3 Å². The predicted octanol–water partition coefficient (Wildman–Crippen LogP) is 4.10. The van der Waals surface area contributed by atoms with E-state index < -0.39 is 5.97 Å². The molecule has 0 unspecified atom stereocenters. The van der Waals surface area contributed by atoms with E-state index in [9.17, 15) is 9.59 Å². The third kappa shape index (κ3) is 4.69. The molecule has 0 N–H and O–H groups in total. The molecule has 0 amide bonds. The van der Waals surface area contributed by atoms with Gasteiger partial charge in [0.25, 0.3) is 0 Å². The van der Waals surface area contributed by atoms with Crippen molar-refractivity contribution < 1.29 is 28.5 Å². The Morgan fingerprint density at radius 3 is 2.32 bits per heavy atom. The van der Waals surface area contributed by atoms with Gasteiger partial charge in [0.2, 0.25) is 0 Å². The van der Waals surface area contributed by atoms with Gasteiger partial charge in [0.05, 0.1) is 19.3 Å². The maximum absolute atomic E-state index is 13.1. The van der Waals surface area contributed by atoms with Crippen molar-refractivity contribution in [1.82, 2.24) is 0 Å². The van der Waals surface area contributed by atoms with Crippen LogP contribution in [0.2, 0.25) is 0 Å². The number of carbonyl (C=O) groups is 2. The van der Waals surface area contributed by atoms with E-state index in [2.05, 4.69) is 0 Å². The number of benzene rings is 3. The van der Waals surface area contributed by atoms with Crippen LogP contribution < -0.4 is 14.2 Å². The Kier molecular flexibility index (Phi) is 6.17. The molecule has 6 nitrogen and oxygen atoms in total. The summed E-state index contributed by atoms with van der Waals surface area (Å²) >= 11 is 0. The highest BCUT2D eigenvalue weighted by molar-refractivity contribution is 6.14. The van der Waals surface area contributed by atoms with Gasteiger partial charge in [-0.2, -0.15) is 0 Å². The first-order chi connectivity index (χ1) is 15.2. The molecular formula is C25H22O6. The van der Waals surface area contributed by atoms with E-state index in [4.69, 9.17) is 18.9 Å². The molecule has 0 saturated carbocycles. The van der Waals surface area contributed by atoms with Crippen LogP contribution in [-0.4, -0.2) is 38.7 Å². The number of hydrogen-bond acceptors (Lipinski definition) is 6. The van der Waals surface area contributed by atoms with Crippen molar-refractivity contribution in [3.05, 3.63) is 89.0 Å². The molecule has 158 valence electrons. The monoisotopic (exact) mass is 418 g/mol. The molecule has 31 heavy (non-hydrogen) atoms. The fourth-order valence-electron chi connectivity index (χ4n) is 3.33. The van der Waals surface area contributed by atoms with Crippen molar-refractivity contribution in [2.24, 2.45) is 0 Å². The van der Waals surface area contributed by atoms with Crippen LogP contribution in [0.5, 0.6) is 17.2 Å². The summed E-state index contributed by atoms with van der Waals surface area (Å²) < 4.78 is 21.6. The fourth-order valence-corrected chi connectivity index (χ4v) is 3.33. The van der Waals surface area contributed by atoms with Crippen LogP contribution >= 0.6 is 0 Å². The molecule has 1 aliphatic rings. The van der Waals surface area contributed by atoms with Crippen LogP contribution in [0.15, 0.2) is 66.7 Å². The van der Waals surface area contributed by atoms with E-state index in [1.807, 2.05) is 24.3 Å². The van der Waals surface area contributed by atoms with Gasteiger partial charge in [-0.1, -0.05) is 30.3 Å². The van der Waals surface area contributed by atoms with Crippen LogP contribution in [0, 0.1) is 0 Å². The maximum Gasteiger partial charge on any atom is 0.338 e. The SMILES string of the molecule is COc1ccc(CCOC(=O)c2ccccc2C(=O)c2ccc3c(c2)OCCO3)cc1. The van der Waals surface area contributed by atoms with Crippen LogP contribution in [-0.2, 0) is 11.2 Å². The summed E-state index contributed by atoms with van der Waals surface area (Å²) in [6.07, 6.45) is 0.564. The van der Waals surface area contributed by atoms with Crippen molar-refractivity contribution in [3.8, 4) is 17.2 Å². The lowest BCUT2D eigenvalue weighted by atomic mass is 9.98. The van der Waals surface area contributed by atoms with Crippen molar-refractivity contribution in [2.75, 3.05) is 26.9 Å². The average Bonchev–Trinajstić information content (AvgIpc) is 2.83. The average molecular weight is 418 g/mol. The normalized spacial score (nSPS) is 12.2. The smallest absolute Gasteiger partial charge is 0.338 e. The number of methoxy groups -OCH3 is 1. The minimum absolute atomic E-state index is 0.206. The van der Waals surface area contributed by atoms with Crippen LogP contribution in [0.25, 0.3) is 0 Å². The van der Waals surface area contributed by atoms with E-state index in [1.165, 1.54) is 0 Å². The zero-order valence-corrected chi connectivity index (χ0v) is 17.1. The Balaban J connectivity index is 1.46. The third-order valence-electron chi connectivity index (χ3n) is 4.98. The second-order valence-corrected chi connectivity index (χ2v) is 6.97. The number of rotatable bonds is 7. The van der Waals surface area contributed by atoms with E-state index in [0.29, 0.717) is 36.7 Å². The van der Waals surface area contributed by atoms with Gasteiger partial charge >= 0.3 is 5.97 Å². The molecule has 0 bridgehead atoms. The Bertz CT molecular complexity index is 1090. The summed E-state index contributed by atoms with van der Waals surface area (Å²) in [5, 5.41) is 0. The van der Waals surface area contributed by atoms with Gasteiger partial charge in [0, 0.05) is 17.5 Å². The number of ketones is 1. The van der Waals surface area contributed by atoms with Crippen molar-refractivity contribution in [1.29, 1.82) is 0 Å². The van der Waals surface area contributed by atoms with Gasteiger partial charge < -0.3 is 18.9 Å². The first-order valence-electron chi connectivity index (χ1n) is 9.99. The number of esters is 1. The van der Waals surface area contributed by atoms with Gasteiger partial charge in [-0.15, -0.1) is 0 Å². The molecule has 0 aliphatic carbocycles. The molecular weight excluding hydrogens is 396 g/mol. The highest BCUT2D eigenvalue weighted by Gasteiger charge is 2.21. The summed E-state index contributed by atoms with van der Waals surface area (Å²) in [5.74, 6) is 1.09. The molecule has 0 spiro atoms. The van der Waals surface area contributed by atoms with Gasteiger partial charge in [0.1, 0.15) is 19.0 Å². The standard InChI is InChI=1S/C25H22O6/c1-28-19-9-6-17(7-10-19)12-13-31-25(27)21-5-3-2-4-20(21)24(26)18-8-11-22-23(16-18)30-15-14-29-22/h2-11,16H,12-15H2,1H3. The zero-order chi connectivity index (χ0) is 21.6. The molecule has 0 saturated heterocycles. The van der Waals surface area contributed by atoms with Gasteiger partial charge in [-0.05, 0) is 42.0 Å². The largest absolute Gasteiger partial charge is 0.497 e. The predicted molar refractivity (Wildman–Crippen MR) is 114 cm³/mol. The minimum Gasteiger partial charge on any atom is -0.497 e. The molecule has 6 heteroatoms. The van der Waals surface area contributed by atoms with Crippen LogP contribution in [0.3, 0.4) is 0 Å². The van der Waals surface area contributed by atoms with E-state index >= 15 is 0 Å². The summed E-state index contributed by atoms with van der Waals surface area (Å²) in [4.78, 5) is 25.8. The Labute approximate surface area is 180 Å². The minimum atomic E-state index is -0.532. The Morgan fingerprint density at radius 2 is 1.58 bits per heavy atom. The first kappa shape index (κ1) is 20.5. The summed E-state index contributed by atoms with van der Waals surface area (Å²) in [7, 11) is 1.61. The lowest BCUT2D eigenvalue weighted by Crippen LogP contribution is -2.17. The highest BCUT2D eigenvalue weighted by atomic mass is 16.6. The summed E-state index contributed by atoms with van der Waals surface area (Å²) in [5.41, 5.74) is 1.96. The zero-order valence-electron chi connectivity index (χ0n) is 17.1. The Hall–Kier alpha value is -3.80. The summed E-state index contributed by atoms with van der Waals surface area (Å²) in [6, 6.07) is 19.2. The van der Waals surface area contributed by atoms with Gasteiger partial charge in [0.15, 0.2) is 17.3 Å². The van der Waals surface area contributed by atoms with Gasteiger partial charge in [-0.3, -0.25) is 4.79 Å². The Morgan fingerprint density at radius 1 is 0.871 bits per heavy atom. The van der Waals surface area contributed by atoms with Crippen molar-refractivity contribution in [3.63, 3.8) is 0 Å². The molecule has 1 aliphatic heterocycles. The number of fused-ring (bicyclic) bond motifs is 1. The first-order valence-corrected chi connectivity index (χ1v) is 9.99. The van der Waals surface area contributed by atoms with Gasteiger partial charge in [-0.25, -0.2) is 4.79 Å². The number of carbonyl (C=O) groups excluding carboxylic acids is 2. The van der Waals surface area contributed by atoms with Crippen LogP contribution in [0.1, 0.15) is 31.8 Å². The number of ether oxygens (including phenoxy) is 4. The van der Waals surface area contributed by atoms with E-state index in [-0.39, 0.29) is 23.5 Å². The topological polar surface area (TPSA) is 71.1 Å². The molecule has 0 fully saturated rings. The quantitative estimate of drug-likeness (QED) is 0.425. The molecule has 1 heterocycles. The molecule has 3 aromatic carbocycles. The fraction of sp³-hybridized carbons (Fsp3) is 0.200. The molecule has 0 aromatic heterocycles. The molecule has 4 rings (SSSR count). The van der Waals surface area contributed by atoms with E-state index in [1.54, 1.807) is 49.6 Å².